The Bertz CT molecular complexity index is 582. The largest absolute Gasteiger partial charge is 0.497 e. The molecule has 0 aliphatic carbocycles. The lowest BCUT2D eigenvalue weighted by molar-refractivity contribution is -0.120. The molecule has 0 radical (unpaired) electrons. The lowest BCUT2D eigenvalue weighted by atomic mass is 9.97. The van der Waals surface area contributed by atoms with E-state index in [2.05, 4.69) is 0 Å². The number of benzene rings is 1. The highest BCUT2D eigenvalue weighted by atomic mass is 16.5. The van der Waals surface area contributed by atoms with Gasteiger partial charge in [-0.05, 0) is 43.5 Å². The van der Waals surface area contributed by atoms with Crippen molar-refractivity contribution >= 4 is 11.8 Å². The van der Waals surface area contributed by atoms with E-state index in [4.69, 9.17) is 9.84 Å². The van der Waals surface area contributed by atoms with Crippen LogP contribution in [0.1, 0.15) is 80.3 Å². The van der Waals surface area contributed by atoms with Crippen molar-refractivity contribution in [3.05, 3.63) is 29.3 Å². The molecular weight excluding hydrogens is 336 g/mol. The molecule has 0 bridgehead atoms. The average Bonchev–Trinajstić information content (AvgIpc) is 2.59. The van der Waals surface area contributed by atoms with Crippen LogP contribution in [-0.4, -0.2) is 40.3 Å². The van der Waals surface area contributed by atoms with E-state index in [0.29, 0.717) is 24.2 Å². The zero-order chi connectivity index (χ0) is 19.5. The van der Waals surface area contributed by atoms with Crippen molar-refractivity contribution in [3.63, 3.8) is 0 Å². The van der Waals surface area contributed by atoms with E-state index >= 15 is 0 Å². The molecule has 1 aromatic rings. The molecular formula is C20H30O6. The number of ether oxygens (including phenoxy) is 1. The molecule has 0 amide bonds. The third-order valence-electron chi connectivity index (χ3n) is 4.30. The molecule has 6 nitrogen and oxygen atoms in total. The summed E-state index contributed by atoms with van der Waals surface area (Å²) >= 11 is 0. The third-order valence-corrected chi connectivity index (χ3v) is 4.30. The summed E-state index contributed by atoms with van der Waals surface area (Å²) in [4.78, 5) is 22.8. The van der Waals surface area contributed by atoms with Crippen molar-refractivity contribution in [2.24, 2.45) is 0 Å². The number of Topliss-reactive ketones (excluding diaryl/α,β-unsaturated/α-hetero) is 1. The Morgan fingerprint density at radius 1 is 1.08 bits per heavy atom. The maximum absolute atomic E-state index is 11.5. The number of carbonyl (C=O) groups is 2. The van der Waals surface area contributed by atoms with Crippen molar-refractivity contribution in [2.75, 3.05) is 7.11 Å². The minimum Gasteiger partial charge on any atom is -0.497 e. The highest BCUT2D eigenvalue weighted by Crippen LogP contribution is 2.27. The molecule has 1 rings (SSSR count). The number of aliphatic hydroxyl groups excluding tert-OH is 2. The number of hydrogen-bond acceptors (Lipinski definition) is 5. The molecule has 0 aromatic heterocycles. The molecule has 6 heteroatoms. The highest BCUT2D eigenvalue weighted by molar-refractivity contribution is 5.89. The van der Waals surface area contributed by atoms with Crippen LogP contribution in [0.3, 0.4) is 0 Å². The maximum atomic E-state index is 11.5. The van der Waals surface area contributed by atoms with Gasteiger partial charge in [0.25, 0.3) is 0 Å². The quantitative estimate of drug-likeness (QED) is 0.462. The van der Waals surface area contributed by atoms with Crippen LogP contribution in [0, 0.1) is 0 Å². The molecule has 0 fully saturated rings. The Labute approximate surface area is 154 Å². The molecule has 0 aliphatic heterocycles. The lowest BCUT2D eigenvalue weighted by Gasteiger charge is -2.15. The summed E-state index contributed by atoms with van der Waals surface area (Å²) in [6.45, 7) is 1.61. The first kappa shape index (κ1) is 22.1. The molecule has 3 N–H and O–H groups in total. The van der Waals surface area contributed by atoms with Gasteiger partial charge in [-0.25, -0.2) is 4.79 Å². The van der Waals surface area contributed by atoms with Crippen molar-refractivity contribution in [3.8, 4) is 5.75 Å². The number of aliphatic hydroxyl groups is 2. The smallest absolute Gasteiger partial charge is 0.336 e. The van der Waals surface area contributed by atoms with Gasteiger partial charge in [-0.3, -0.25) is 4.79 Å². The Hall–Kier alpha value is -1.92. The molecule has 0 aliphatic rings. The van der Waals surface area contributed by atoms with Crippen molar-refractivity contribution in [2.45, 2.75) is 70.5 Å². The van der Waals surface area contributed by atoms with Crippen LogP contribution < -0.4 is 4.74 Å². The zero-order valence-corrected chi connectivity index (χ0v) is 15.6. The monoisotopic (exact) mass is 366 g/mol. The van der Waals surface area contributed by atoms with Gasteiger partial charge >= 0.3 is 5.97 Å². The molecule has 0 saturated carbocycles. The van der Waals surface area contributed by atoms with Crippen LogP contribution in [0.5, 0.6) is 5.75 Å². The van der Waals surface area contributed by atoms with Crippen LogP contribution in [0.15, 0.2) is 18.2 Å². The second kappa shape index (κ2) is 11.6. The minimum atomic E-state index is -1.07. The van der Waals surface area contributed by atoms with Crippen LogP contribution >= 0.6 is 0 Å². The third kappa shape index (κ3) is 7.97. The number of unbranched alkanes of at least 4 members (excludes halogenated alkanes) is 4. The first-order valence-corrected chi connectivity index (χ1v) is 9.14. The summed E-state index contributed by atoms with van der Waals surface area (Å²) in [6, 6.07) is 4.59. The van der Waals surface area contributed by atoms with E-state index in [9.17, 15) is 19.8 Å². The van der Waals surface area contributed by atoms with E-state index < -0.39 is 18.2 Å². The van der Waals surface area contributed by atoms with Gasteiger partial charge in [0, 0.05) is 12.8 Å². The predicted molar refractivity (Wildman–Crippen MR) is 98.5 cm³/mol. The molecule has 2 unspecified atom stereocenters. The fraction of sp³-hybridized carbons (Fsp3) is 0.600. The molecule has 146 valence electrons. The molecule has 1 aromatic carbocycles. The van der Waals surface area contributed by atoms with Crippen LogP contribution in [0.4, 0.5) is 0 Å². The predicted octanol–water partition coefficient (Wildman–Crippen LogP) is 3.50. The number of carboxylic acids is 1. The van der Waals surface area contributed by atoms with Gasteiger partial charge in [-0.1, -0.05) is 25.7 Å². The number of carbonyl (C=O) groups excluding carboxylic acids is 1. The van der Waals surface area contributed by atoms with Gasteiger partial charge in [0.2, 0.25) is 0 Å². The average molecular weight is 366 g/mol. The fourth-order valence-corrected chi connectivity index (χ4v) is 2.92. The number of aromatic carboxylic acids is 1. The molecule has 2 atom stereocenters. The van der Waals surface area contributed by atoms with E-state index in [0.717, 1.165) is 32.1 Å². The van der Waals surface area contributed by atoms with Crippen molar-refractivity contribution in [1.29, 1.82) is 0 Å². The number of methoxy groups -OCH3 is 1. The first-order chi connectivity index (χ1) is 12.3. The summed E-state index contributed by atoms with van der Waals surface area (Å²) in [5.41, 5.74) is 0.468. The topological polar surface area (TPSA) is 104 Å². The Morgan fingerprint density at radius 2 is 1.73 bits per heavy atom. The summed E-state index contributed by atoms with van der Waals surface area (Å²) in [5.74, 6) is -0.455. The number of carboxylic acid groups (broad SMARTS) is 1. The maximum Gasteiger partial charge on any atom is 0.336 e. The minimum absolute atomic E-state index is 0.0923. The lowest BCUT2D eigenvalue weighted by Crippen LogP contribution is -2.08. The summed E-state index contributed by atoms with van der Waals surface area (Å²) in [5, 5.41) is 28.7. The zero-order valence-electron chi connectivity index (χ0n) is 15.6. The second-order valence-electron chi connectivity index (χ2n) is 6.67. The van der Waals surface area contributed by atoms with E-state index in [1.54, 1.807) is 19.1 Å². The van der Waals surface area contributed by atoms with E-state index in [-0.39, 0.29) is 17.8 Å². The van der Waals surface area contributed by atoms with Gasteiger partial charge in [-0.15, -0.1) is 0 Å². The van der Waals surface area contributed by atoms with Crippen LogP contribution in [0.25, 0.3) is 0 Å². The van der Waals surface area contributed by atoms with Crippen LogP contribution in [0.2, 0.25) is 0 Å². The molecule has 26 heavy (non-hydrogen) atoms. The van der Waals surface area contributed by atoms with Gasteiger partial charge in [0.1, 0.15) is 11.5 Å². The molecule has 0 heterocycles. The van der Waals surface area contributed by atoms with Crippen LogP contribution in [-0.2, 0) is 4.79 Å². The van der Waals surface area contributed by atoms with E-state index in [1.165, 1.54) is 13.2 Å². The number of rotatable bonds is 13. The molecule has 0 saturated heterocycles. The van der Waals surface area contributed by atoms with E-state index in [1.807, 2.05) is 0 Å². The summed E-state index contributed by atoms with van der Waals surface area (Å²) in [7, 11) is 1.50. The normalized spacial score (nSPS) is 13.2. The SMILES string of the molecule is COc1ccc(C(=O)O)c(C(O)CCCCCCCC(=O)CC(C)O)c1. The Balaban J connectivity index is 2.33. The van der Waals surface area contributed by atoms with Gasteiger partial charge < -0.3 is 20.1 Å². The van der Waals surface area contributed by atoms with Crippen molar-refractivity contribution in [1.82, 2.24) is 0 Å². The summed E-state index contributed by atoms with van der Waals surface area (Å²) in [6.07, 6.45) is 4.17. The molecule has 0 spiro atoms. The highest BCUT2D eigenvalue weighted by Gasteiger charge is 2.17. The number of ketones is 1. The Morgan fingerprint density at radius 3 is 2.35 bits per heavy atom. The summed E-state index contributed by atoms with van der Waals surface area (Å²) < 4.78 is 5.11. The fourth-order valence-electron chi connectivity index (χ4n) is 2.92. The second-order valence-corrected chi connectivity index (χ2v) is 6.67. The Kier molecular flexibility index (Phi) is 9.91. The van der Waals surface area contributed by atoms with Gasteiger partial charge in [0.05, 0.1) is 24.9 Å². The number of hydrogen-bond donors (Lipinski definition) is 3. The van der Waals surface area contributed by atoms with Gasteiger partial charge in [0.15, 0.2) is 0 Å². The van der Waals surface area contributed by atoms with Gasteiger partial charge in [-0.2, -0.15) is 0 Å². The van der Waals surface area contributed by atoms with Crippen molar-refractivity contribution < 1.29 is 29.6 Å². The first-order valence-electron chi connectivity index (χ1n) is 9.14. The standard InChI is InChI=1S/C20H30O6/c1-14(21)12-15(22)8-6-4-3-5-7-9-19(23)18-13-16(26-2)10-11-17(18)20(24)25/h10-11,13-14,19,21,23H,3-9,12H2,1-2H3,(H,24,25).